The fourth-order valence-electron chi connectivity index (χ4n) is 7.85. The number of rotatable bonds is 26. The number of para-hydroxylation sites is 4. The molecule has 4 aromatic carbocycles. The summed E-state index contributed by atoms with van der Waals surface area (Å²) < 4.78 is 10.2. The SMILES string of the molecule is CNC(=O)CCC(=O)OCCCC(=[N-])N(C)CCCc1c2ccccc2nc2ccccc12.CNC(=O)CCC(=O)OCCCC(=[N-])N(C)CCCc1c2ccccc2nc2ccccc12.O.[Cl][Pt].[NH-]CCC[NH-].[NH-]CCC[NH-].[Pt].[W]. The van der Waals surface area contributed by atoms with Gasteiger partial charge in [-0.2, -0.15) is 26.2 Å². The van der Waals surface area contributed by atoms with E-state index in [1.54, 1.807) is 18.8 Å². The first-order chi connectivity index (χ1) is 37.8. The predicted octanol–water partition coefficient (Wildman–Crippen LogP) is 11.0. The van der Waals surface area contributed by atoms with Crippen molar-refractivity contribution in [1.29, 1.82) is 0 Å². The summed E-state index contributed by atoms with van der Waals surface area (Å²) in [5.41, 5.74) is 32.5. The largest absolute Gasteiger partial charge is 0.677 e. The van der Waals surface area contributed by atoms with Gasteiger partial charge < -0.3 is 69.1 Å². The first-order valence-electron chi connectivity index (χ1n) is 26.3. The second-order valence-electron chi connectivity index (χ2n) is 17.8. The van der Waals surface area contributed by atoms with Crippen LogP contribution in [0.3, 0.4) is 0 Å². The summed E-state index contributed by atoms with van der Waals surface area (Å²) in [4.78, 5) is 58.8. The first kappa shape index (κ1) is 78.3. The van der Waals surface area contributed by atoms with Crippen molar-refractivity contribution >= 4 is 88.5 Å². The fraction of sp³-hybridized carbons (Fsp3) is 0.448. The van der Waals surface area contributed by atoms with Gasteiger partial charge in [0.05, 0.1) is 48.1 Å². The minimum Gasteiger partial charge on any atom is -0.677 e. The Morgan fingerprint density at radius 3 is 1.05 bits per heavy atom. The first-order valence-corrected chi connectivity index (χ1v) is 29.1. The van der Waals surface area contributed by atoms with E-state index in [0.717, 1.165) is 60.6 Å². The number of nitrogens with zero attached hydrogens (tertiary/aromatic N) is 6. The molecule has 0 fully saturated rings. The van der Waals surface area contributed by atoms with E-state index in [4.69, 9.17) is 42.4 Å². The number of hydrogen-bond acceptors (Lipinski definition) is 8. The molecular weight excluding hydrogens is 1590 g/mol. The third kappa shape index (κ3) is 30.4. The topological polar surface area (TPSA) is 314 Å². The molecule has 0 saturated carbocycles. The number of nitrogens with one attached hydrogen (secondary N) is 6. The van der Waals surface area contributed by atoms with Gasteiger partial charge in [0.25, 0.3) is 0 Å². The summed E-state index contributed by atoms with van der Waals surface area (Å²) >= 11 is 1.61. The molecule has 81 heavy (non-hydrogen) atoms. The molecule has 0 aliphatic heterocycles. The number of ether oxygens (including phenoxy) is 2. The Morgan fingerprint density at radius 2 is 0.790 bits per heavy atom. The minimum atomic E-state index is -0.400. The molecule has 2 aromatic heterocycles. The third-order valence-corrected chi connectivity index (χ3v) is 12.1. The normalized spacial score (nSPS) is 9.96. The maximum absolute atomic E-state index is 11.6. The van der Waals surface area contributed by atoms with E-state index >= 15 is 0 Å². The van der Waals surface area contributed by atoms with E-state index in [0.29, 0.717) is 65.0 Å². The number of benzene rings is 4. The molecule has 453 valence electrons. The average Bonchev–Trinajstić information content (AvgIpc) is 3.49. The van der Waals surface area contributed by atoms with Crippen molar-refractivity contribution in [2.45, 2.75) is 89.9 Å². The molecular formula is C58H80ClN12O7Pt2W-6. The van der Waals surface area contributed by atoms with Crippen molar-refractivity contribution in [2.75, 3.05) is 80.7 Å². The summed E-state index contributed by atoms with van der Waals surface area (Å²) in [6.45, 7) is 3.49. The Kier molecular flexibility index (Phi) is 46.0. The quantitative estimate of drug-likeness (QED) is 0.0170. The zero-order valence-electron chi connectivity index (χ0n) is 46.8. The number of amidine groups is 2. The predicted molar refractivity (Wildman–Crippen MR) is 320 cm³/mol. The molecule has 0 aliphatic carbocycles. The van der Waals surface area contributed by atoms with Crippen LogP contribution in [0.1, 0.15) is 88.2 Å². The third-order valence-electron chi connectivity index (χ3n) is 12.1. The Balaban J connectivity index is 0. The Hall–Kier alpha value is -4.81. The second-order valence-corrected chi connectivity index (χ2v) is 17.8. The molecule has 6 rings (SSSR count). The van der Waals surface area contributed by atoms with Gasteiger partial charge in [-0.15, -0.1) is 0 Å². The Morgan fingerprint density at radius 1 is 0.506 bits per heavy atom. The zero-order valence-corrected chi connectivity index (χ0v) is 55.1. The molecule has 23 heteroatoms. The van der Waals surface area contributed by atoms with Gasteiger partial charge in [-0.25, -0.2) is 9.97 Å². The molecule has 0 atom stereocenters. The van der Waals surface area contributed by atoms with Crippen LogP contribution >= 0.6 is 9.42 Å². The van der Waals surface area contributed by atoms with E-state index in [2.05, 4.69) is 44.3 Å². The van der Waals surface area contributed by atoms with Crippen molar-refractivity contribution in [3.05, 3.63) is 142 Å². The number of carbonyl (C=O) groups is 4. The van der Waals surface area contributed by atoms with E-state index in [1.807, 2.05) is 96.7 Å². The van der Waals surface area contributed by atoms with Crippen LogP contribution in [-0.4, -0.2) is 141 Å². The van der Waals surface area contributed by atoms with Crippen LogP contribution in [0.15, 0.2) is 97.1 Å². The number of fused-ring (bicyclic) bond motifs is 4. The van der Waals surface area contributed by atoms with Crippen LogP contribution in [0, 0.1) is 0 Å². The number of hydrogen-bond donors (Lipinski definition) is 2. The van der Waals surface area contributed by atoms with Crippen molar-refractivity contribution in [3.8, 4) is 0 Å². The van der Waals surface area contributed by atoms with E-state index < -0.39 is 11.9 Å². The second kappa shape index (κ2) is 47.7. The van der Waals surface area contributed by atoms with E-state index in [9.17, 15) is 30.0 Å². The summed E-state index contributed by atoms with van der Waals surface area (Å²) in [6, 6.07) is 32.8. The number of carbonyl (C=O) groups excluding carboxylic acids is 4. The number of halogens is 1. The number of aromatic nitrogens is 2. The summed E-state index contributed by atoms with van der Waals surface area (Å²) in [5.74, 6) is -0.618. The summed E-state index contributed by atoms with van der Waals surface area (Å²) in [5, 5.41) is 30.4. The van der Waals surface area contributed by atoms with Gasteiger partial charge in [-0.05, 0) is 86.8 Å². The molecule has 0 saturated heterocycles. The molecule has 0 bridgehead atoms. The molecule has 2 amide bonds. The van der Waals surface area contributed by atoms with Crippen LogP contribution < -0.4 is 10.6 Å². The van der Waals surface area contributed by atoms with Crippen LogP contribution in [0.5, 0.6) is 0 Å². The summed E-state index contributed by atoms with van der Waals surface area (Å²) in [6.07, 6.45) is 7.26. The van der Waals surface area contributed by atoms with Crippen molar-refractivity contribution in [3.63, 3.8) is 0 Å². The summed E-state index contributed by atoms with van der Waals surface area (Å²) in [7, 11) is 11.4. The van der Waals surface area contributed by atoms with Gasteiger partial charge in [0, 0.05) is 90.6 Å². The van der Waals surface area contributed by atoms with Gasteiger partial charge in [0.1, 0.15) is 0 Å². The van der Waals surface area contributed by atoms with Gasteiger partial charge in [0.2, 0.25) is 11.8 Å². The molecule has 8 N–H and O–H groups in total. The van der Waals surface area contributed by atoms with Crippen molar-refractivity contribution in [1.82, 2.24) is 30.4 Å². The minimum absolute atomic E-state index is 0. The van der Waals surface area contributed by atoms with E-state index in [-0.39, 0.29) is 110 Å². The number of pyridine rings is 2. The Labute approximate surface area is 522 Å². The number of aryl methyl sites for hydroxylation is 2. The molecule has 0 spiro atoms. The smallest absolute Gasteiger partial charge is 0 e. The van der Waals surface area contributed by atoms with Crippen LogP contribution in [-0.2, 0) is 102 Å². The molecule has 0 radical (unpaired) electrons. The number of amides is 2. The van der Waals surface area contributed by atoms with Crippen LogP contribution in [0.2, 0.25) is 0 Å². The maximum atomic E-state index is 11.6. The molecule has 19 nitrogen and oxygen atoms in total. The van der Waals surface area contributed by atoms with Crippen LogP contribution in [0.25, 0.3) is 77.4 Å². The van der Waals surface area contributed by atoms with E-state index in [1.165, 1.54) is 46.8 Å². The molecule has 6 aromatic rings. The van der Waals surface area contributed by atoms with Gasteiger partial charge in [0.15, 0.2) is 0 Å². The van der Waals surface area contributed by atoms with Crippen molar-refractivity contribution < 1.29 is 95.0 Å². The van der Waals surface area contributed by atoms with Crippen LogP contribution in [0.4, 0.5) is 0 Å². The fourth-order valence-corrected chi connectivity index (χ4v) is 7.85. The van der Waals surface area contributed by atoms with Gasteiger partial charge in [-0.3, -0.25) is 19.2 Å². The Bertz CT molecular complexity index is 2470. The zero-order chi connectivity index (χ0) is 57.5. The molecule has 0 unspecified atom stereocenters. The maximum Gasteiger partial charge on any atom is 0 e. The molecule has 2 heterocycles. The monoisotopic (exact) mass is 1670 g/mol. The molecule has 0 aliphatic rings. The van der Waals surface area contributed by atoms with Gasteiger partial charge >= 0.3 is 40.1 Å². The van der Waals surface area contributed by atoms with Gasteiger partial charge in [-0.1, -0.05) is 124 Å². The average molecular weight is 1670 g/mol. The van der Waals surface area contributed by atoms with Crippen molar-refractivity contribution in [2.24, 2.45) is 0 Å². The number of esters is 2. The standard InChI is InChI=1S/2C26H31N4O3.2C3H8N2.ClH.H2O.2Pt.W/c2*1-28-25(31)15-16-26(32)33-18-8-14-24(27)30(2)17-7-11-19-20-9-3-5-12-22(20)29-23-13-6-4-10-21(19)23;2*4-2-1-3-5;;;;;/h2*3-6,9-10,12-13H,7-8,11,14-18H2,1-2H3,(H,28,31);2*4-5H,1-3H2;1H;1H2;;;/q2*-1;2*-2;;;;+1;/p-1.